The Hall–Kier alpha value is -2.32. The van der Waals surface area contributed by atoms with Crippen molar-refractivity contribution in [3.05, 3.63) is 35.0 Å². The van der Waals surface area contributed by atoms with Gasteiger partial charge in [0, 0.05) is 31.3 Å². The molecule has 2 N–H and O–H groups in total. The van der Waals surface area contributed by atoms with Gasteiger partial charge in [0.25, 0.3) is 0 Å². The van der Waals surface area contributed by atoms with Crippen LogP contribution in [-0.4, -0.2) is 54.3 Å². The van der Waals surface area contributed by atoms with Crippen LogP contribution in [0.1, 0.15) is 18.2 Å². The Morgan fingerprint density at radius 2 is 2.00 bits per heavy atom. The molecule has 0 aliphatic carbocycles. The smallest absolute Gasteiger partial charge is 0.164 e. The molecule has 6 nitrogen and oxygen atoms in total. The minimum absolute atomic E-state index is 0.0277. The Balaban J connectivity index is 1.87. The summed E-state index contributed by atoms with van der Waals surface area (Å²) >= 11 is 0. The Morgan fingerprint density at radius 1 is 1.19 bits per heavy atom. The molecule has 1 unspecified atom stereocenters. The average Bonchev–Trinajstić information content (AvgIpc) is 2.64. The van der Waals surface area contributed by atoms with Gasteiger partial charge in [-0.25, -0.2) is 18.7 Å². The van der Waals surface area contributed by atoms with Crippen molar-refractivity contribution in [3.8, 4) is 11.4 Å². The highest BCUT2D eigenvalue weighted by atomic mass is 19.1. The van der Waals surface area contributed by atoms with Crippen molar-refractivity contribution in [1.29, 1.82) is 0 Å². The lowest BCUT2D eigenvalue weighted by Crippen LogP contribution is -2.45. The molecule has 1 saturated heterocycles. The first-order valence-electron chi connectivity index (χ1n) is 9.11. The van der Waals surface area contributed by atoms with E-state index in [1.807, 2.05) is 7.05 Å². The maximum atomic E-state index is 14.5. The molecule has 8 heteroatoms. The summed E-state index contributed by atoms with van der Waals surface area (Å²) in [4.78, 5) is 13.6. The third-order valence-electron chi connectivity index (χ3n) is 5.20. The third kappa shape index (κ3) is 3.35. The van der Waals surface area contributed by atoms with Gasteiger partial charge in [-0.15, -0.1) is 0 Å². The molecule has 0 radical (unpaired) electrons. The molecule has 1 atom stereocenters. The molecular formula is C19H23F2N5O. The molecule has 0 amide bonds. The van der Waals surface area contributed by atoms with E-state index in [1.54, 1.807) is 0 Å². The number of likely N-dealkylation sites (N-methyl/N-ethyl adjacent to an activating group) is 1. The van der Waals surface area contributed by atoms with Crippen molar-refractivity contribution in [2.24, 2.45) is 0 Å². The van der Waals surface area contributed by atoms with E-state index in [1.165, 1.54) is 0 Å². The fourth-order valence-corrected chi connectivity index (χ4v) is 3.67. The first kappa shape index (κ1) is 18.1. The van der Waals surface area contributed by atoms with Gasteiger partial charge >= 0.3 is 0 Å². The van der Waals surface area contributed by atoms with E-state index in [4.69, 9.17) is 10.5 Å². The molecule has 27 heavy (non-hydrogen) atoms. The van der Waals surface area contributed by atoms with Crippen molar-refractivity contribution in [1.82, 2.24) is 14.9 Å². The van der Waals surface area contributed by atoms with Gasteiger partial charge in [0.15, 0.2) is 5.82 Å². The summed E-state index contributed by atoms with van der Waals surface area (Å²) < 4.78 is 34.0. The van der Waals surface area contributed by atoms with Crippen LogP contribution >= 0.6 is 0 Å². The van der Waals surface area contributed by atoms with E-state index in [0.29, 0.717) is 26.3 Å². The van der Waals surface area contributed by atoms with E-state index in [-0.39, 0.29) is 23.1 Å². The van der Waals surface area contributed by atoms with Crippen LogP contribution < -0.4 is 10.6 Å². The molecule has 4 rings (SSSR count). The van der Waals surface area contributed by atoms with Gasteiger partial charge in [-0.2, -0.15) is 0 Å². The second kappa shape index (κ2) is 7.01. The van der Waals surface area contributed by atoms with E-state index in [9.17, 15) is 8.78 Å². The van der Waals surface area contributed by atoms with Crippen LogP contribution in [0.3, 0.4) is 0 Å². The Morgan fingerprint density at radius 3 is 2.78 bits per heavy atom. The predicted molar refractivity (Wildman–Crippen MR) is 99.5 cm³/mol. The molecule has 1 aromatic heterocycles. The Bertz CT molecular complexity index is 876. The molecule has 1 aromatic carbocycles. The average molecular weight is 375 g/mol. The molecule has 3 heterocycles. The van der Waals surface area contributed by atoms with E-state index < -0.39 is 11.6 Å². The maximum Gasteiger partial charge on any atom is 0.164 e. The molecule has 2 aliphatic rings. The standard InChI is InChI=1S/C19H23F2N5O/c1-11-10-27-6-5-26(11)19-12-3-4-25(2)9-17(12)23-18(24-19)13-7-15(21)16(22)8-14(13)20/h7-8,11H,3-6,9-10,22H2,1-2H3. The normalized spacial score (nSPS) is 20.6. The van der Waals surface area contributed by atoms with Gasteiger partial charge in [-0.05, 0) is 26.5 Å². The number of nitrogens with two attached hydrogens (primary N) is 1. The monoisotopic (exact) mass is 375 g/mol. The van der Waals surface area contributed by atoms with Crippen molar-refractivity contribution in [2.45, 2.75) is 25.9 Å². The number of ether oxygens (including phenoxy) is 1. The minimum atomic E-state index is -0.675. The number of hydrogen-bond donors (Lipinski definition) is 1. The number of fused-ring (bicyclic) bond motifs is 1. The number of rotatable bonds is 2. The maximum absolute atomic E-state index is 14.5. The predicted octanol–water partition coefficient (Wildman–Crippen LogP) is 2.22. The van der Waals surface area contributed by atoms with Crippen molar-refractivity contribution in [3.63, 3.8) is 0 Å². The Kier molecular flexibility index (Phi) is 4.69. The highest BCUT2D eigenvalue weighted by Crippen LogP contribution is 2.32. The number of nitrogens with zero attached hydrogens (tertiary/aromatic N) is 4. The minimum Gasteiger partial charge on any atom is -0.396 e. The quantitative estimate of drug-likeness (QED) is 0.812. The second-order valence-corrected chi connectivity index (χ2v) is 7.25. The van der Waals surface area contributed by atoms with Crippen LogP contribution in [0.15, 0.2) is 12.1 Å². The number of halogens is 2. The molecule has 2 aliphatic heterocycles. The molecule has 0 spiro atoms. The van der Waals surface area contributed by atoms with Crippen LogP contribution in [0.2, 0.25) is 0 Å². The van der Waals surface area contributed by atoms with Crippen LogP contribution in [0, 0.1) is 11.6 Å². The molecular weight excluding hydrogens is 352 g/mol. The molecule has 144 valence electrons. The zero-order chi connectivity index (χ0) is 19.1. The summed E-state index contributed by atoms with van der Waals surface area (Å²) in [5.74, 6) is -0.310. The lowest BCUT2D eigenvalue weighted by molar-refractivity contribution is 0.0983. The van der Waals surface area contributed by atoms with Gasteiger partial charge in [0.1, 0.15) is 17.5 Å². The van der Waals surface area contributed by atoms with E-state index in [2.05, 4.69) is 26.7 Å². The number of aromatic nitrogens is 2. The van der Waals surface area contributed by atoms with Crippen LogP contribution in [-0.2, 0) is 17.7 Å². The fourth-order valence-electron chi connectivity index (χ4n) is 3.67. The number of morpholine rings is 1. The summed E-state index contributed by atoms with van der Waals surface area (Å²) in [7, 11) is 2.02. The second-order valence-electron chi connectivity index (χ2n) is 7.25. The van der Waals surface area contributed by atoms with E-state index in [0.717, 1.165) is 42.2 Å². The first-order valence-corrected chi connectivity index (χ1v) is 9.11. The van der Waals surface area contributed by atoms with Crippen molar-refractivity contribution < 1.29 is 13.5 Å². The highest BCUT2D eigenvalue weighted by Gasteiger charge is 2.28. The summed E-state index contributed by atoms with van der Waals surface area (Å²) in [6, 6.07) is 2.21. The van der Waals surface area contributed by atoms with Crippen molar-refractivity contribution >= 4 is 11.5 Å². The number of benzene rings is 1. The summed E-state index contributed by atoms with van der Waals surface area (Å²) in [5, 5.41) is 0. The topological polar surface area (TPSA) is 67.5 Å². The van der Waals surface area contributed by atoms with Gasteiger partial charge in [-0.1, -0.05) is 0 Å². The highest BCUT2D eigenvalue weighted by molar-refractivity contribution is 5.64. The molecule has 2 aromatic rings. The first-order chi connectivity index (χ1) is 12.9. The van der Waals surface area contributed by atoms with Crippen LogP contribution in [0.5, 0.6) is 0 Å². The van der Waals surface area contributed by atoms with Crippen molar-refractivity contribution in [2.75, 3.05) is 44.0 Å². The molecule has 1 fully saturated rings. The molecule has 0 saturated carbocycles. The zero-order valence-corrected chi connectivity index (χ0v) is 15.5. The van der Waals surface area contributed by atoms with Gasteiger partial charge in [0.2, 0.25) is 0 Å². The summed E-state index contributed by atoms with van der Waals surface area (Å²) in [6.07, 6.45) is 0.824. The lowest BCUT2D eigenvalue weighted by atomic mass is 10.0. The van der Waals surface area contributed by atoms with Crippen LogP contribution in [0.4, 0.5) is 20.3 Å². The number of hydrogen-bond acceptors (Lipinski definition) is 6. The zero-order valence-electron chi connectivity index (χ0n) is 15.5. The summed E-state index contributed by atoms with van der Waals surface area (Å²) in [5.41, 5.74) is 7.22. The van der Waals surface area contributed by atoms with Gasteiger partial charge in [-0.3, -0.25) is 0 Å². The SMILES string of the molecule is CC1COCCN1c1nc(-c2cc(F)c(N)cc2F)nc2c1CCN(C)C2. The third-order valence-corrected chi connectivity index (χ3v) is 5.20. The number of nitrogen functional groups attached to an aromatic ring is 1. The fraction of sp³-hybridized carbons (Fsp3) is 0.474. The van der Waals surface area contributed by atoms with Crippen LogP contribution in [0.25, 0.3) is 11.4 Å². The summed E-state index contributed by atoms with van der Waals surface area (Å²) in [6.45, 7) is 5.56. The van der Waals surface area contributed by atoms with Gasteiger partial charge in [0.05, 0.1) is 36.2 Å². The molecule has 0 bridgehead atoms. The largest absolute Gasteiger partial charge is 0.396 e. The lowest BCUT2D eigenvalue weighted by Gasteiger charge is -2.37. The number of anilines is 2. The van der Waals surface area contributed by atoms with E-state index >= 15 is 0 Å². The van der Waals surface area contributed by atoms with Gasteiger partial charge < -0.3 is 20.3 Å². The Labute approximate surface area is 157 Å².